The van der Waals surface area contributed by atoms with Gasteiger partial charge in [0, 0.05) is 45.3 Å². The van der Waals surface area contributed by atoms with Gasteiger partial charge in [0.15, 0.2) is 0 Å². The molecule has 1 N–H and O–H groups in total. The standard InChI is InChI=1S/C21H28N4O4S/c1-24(2)30(27,28)25-14-11-21(12-15-25,17-8-5-4-6-9-17)16-23-19(26)18-10-7-13-22-20(18)29-3/h4-10,13H,11-12,14-16H2,1-3H3,(H,23,26). The van der Waals surface area contributed by atoms with Gasteiger partial charge in [-0.05, 0) is 30.5 Å². The first kappa shape index (κ1) is 22.2. The van der Waals surface area contributed by atoms with Crippen LogP contribution in [0.25, 0.3) is 0 Å². The fourth-order valence-electron chi connectivity index (χ4n) is 3.81. The van der Waals surface area contributed by atoms with Crippen molar-refractivity contribution >= 4 is 16.1 Å². The Morgan fingerprint density at radius 2 is 1.83 bits per heavy atom. The Bertz CT molecular complexity index is 972. The fraction of sp³-hybridized carbons (Fsp3) is 0.429. The largest absolute Gasteiger partial charge is 0.480 e. The van der Waals surface area contributed by atoms with Gasteiger partial charge >= 0.3 is 0 Å². The van der Waals surface area contributed by atoms with Crippen LogP contribution in [0.3, 0.4) is 0 Å². The number of hydrogen-bond acceptors (Lipinski definition) is 5. The van der Waals surface area contributed by atoms with Gasteiger partial charge in [0.1, 0.15) is 5.56 Å². The predicted octanol–water partition coefficient (Wildman–Crippen LogP) is 1.66. The summed E-state index contributed by atoms with van der Waals surface area (Å²) in [5.41, 5.74) is 1.10. The van der Waals surface area contributed by atoms with Gasteiger partial charge in [-0.1, -0.05) is 30.3 Å². The maximum atomic E-state index is 12.8. The van der Waals surface area contributed by atoms with E-state index in [1.165, 1.54) is 29.8 Å². The van der Waals surface area contributed by atoms with E-state index >= 15 is 0 Å². The van der Waals surface area contributed by atoms with Gasteiger partial charge in [0.2, 0.25) is 5.88 Å². The van der Waals surface area contributed by atoms with Gasteiger partial charge in [-0.15, -0.1) is 0 Å². The van der Waals surface area contributed by atoms with Gasteiger partial charge < -0.3 is 10.1 Å². The Morgan fingerprint density at radius 3 is 2.43 bits per heavy atom. The van der Waals surface area contributed by atoms with Crippen LogP contribution in [0.1, 0.15) is 28.8 Å². The fourth-order valence-corrected chi connectivity index (χ4v) is 4.91. The SMILES string of the molecule is COc1ncccc1C(=O)NCC1(c2ccccc2)CCN(S(=O)(=O)N(C)C)CC1. The van der Waals surface area contributed by atoms with Crippen molar-refractivity contribution in [2.45, 2.75) is 18.3 Å². The van der Waals surface area contributed by atoms with Crippen molar-refractivity contribution in [1.29, 1.82) is 0 Å². The summed E-state index contributed by atoms with van der Waals surface area (Å²) >= 11 is 0. The molecule has 0 aliphatic carbocycles. The lowest BCUT2D eigenvalue weighted by atomic mass is 9.73. The molecule has 1 aromatic carbocycles. The molecule has 9 heteroatoms. The molecule has 2 aromatic rings. The van der Waals surface area contributed by atoms with E-state index in [4.69, 9.17) is 4.74 Å². The third kappa shape index (κ3) is 4.48. The lowest BCUT2D eigenvalue weighted by Gasteiger charge is -2.42. The van der Waals surface area contributed by atoms with Crippen LogP contribution >= 0.6 is 0 Å². The van der Waals surface area contributed by atoms with Crippen LogP contribution in [0.4, 0.5) is 0 Å². The van der Waals surface area contributed by atoms with Gasteiger partial charge in [-0.2, -0.15) is 17.0 Å². The molecule has 3 rings (SSSR count). The van der Waals surface area contributed by atoms with Crippen LogP contribution < -0.4 is 10.1 Å². The van der Waals surface area contributed by atoms with Crippen molar-refractivity contribution < 1.29 is 17.9 Å². The number of nitrogens with zero attached hydrogens (tertiary/aromatic N) is 3. The summed E-state index contributed by atoms with van der Waals surface area (Å²) in [4.78, 5) is 16.9. The summed E-state index contributed by atoms with van der Waals surface area (Å²) in [6.07, 6.45) is 2.78. The summed E-state index contributed by atoms with van der Waals surface area (Å²) < 4.78 is 33.0. The second-order valence-electron chi connectivity index (χ2n) is 7.58. The summed E-state index contributed by atoms with van der Waals surface area (Å²) in [6.45, 7) is 1.17. The van der Waals surface area contributed by atoms with Crippen molar-refractivity contribution in [3.8, 4) is 5.88 Å². The zero-order chi connectivity index (χ0) is 21.8. The number of carbonyl (C=O) groups is 1. The summed E-state index contributed by atoms with van der Waals surface area (Å²) in [5.74, 6) is 0.00857. The highest BCUT2D eigenvalue weighted by molar-refractivity contribution is 7.86. The van der Waals surface area contributed by atoms with Gasteiger partial charge in [0.25, 0.3) is 16.1 Å². The van der Waals surface area contributed by atoms with Crippen molar-refractivity contribution in [2.24, 2.45) is 0 Å². The van der Waals surface area contributed by atoms with E-state index < -0.39 is 10.2 Å². The van der Waals surface area contributed by atoms with Crippen LogP contribution in [-0.4, -0.2) is 68.8 Å². The van der Waals surface area contributed by atoms with E-state index in [2.05, 4.69) is 10.3 Å². The second-order valence-corrected chi connectivity index (χ2v) is 9.72. The third-order valence-electron chi connectivity index (χ3n) is 5.65. The summed E-state index contributed by atoms with van der Waals surface area (Å²) in [5, 5.41) is 3.02. The van der Waals surface area contributed by atoms with Crippen LogP contribution in [0.15, 0.2) is 48.7 Å². The van der Waals surface area contributed by atoms with E-state index in [1.54, 1.807) is 18.3 Å². The second kappa shape index (κ2) is 9.11. The molecule has 0 spiro atoms. The number of piperidine rings is 1. The normalized spacial score (nSPS) is 16.9. The number of carbonyl (C=O) groups excluding carboxylic acids is 1. The number of ether oxygens (including phenoxy) is 1. The highest BCUT2D eigenvalue weighted by Gasteiger charge is 2.40. The molecule has 1 aromatic heterocycles. The minimum absolute atomic E-state index is 0.265. The molecule has 162 valence electrons. The van der Waals surface area contributed by atoms with E-state index in [0.29, 0.717) is 38.0 Å². The number of methoxy groups -OCH3 is 1. The van der Waals surface area contributed by atoms with E-state index in [0.717, 1.165) is 5.56 Å². The molecule has 0 unspecified atom stereocenters. The van der Waals surface area contributed by atoms with Gasteiger partial charge in [-0.3, -0.25) is 4.79 Å². The first-order valence-corrected chi connectivity index (χ1v) is 11.2. The number of benzene rings is 1. The minimum atomic E-state index is -3.46. The number of pyridine rings is 1. The highest BCUT2D eigenvalue weighted by Crippen LogP contribution is 2.36. The molecule has 1 aliphatic rings. The van der Waals surface area contributed by atoms with Crippen LogP contribution in [-0.2, 0) is 15.6 Å². The van der Waals surface area contributed by atoms with Gasteiger partial charge in [-0.25, -0.2) is 4.98 Å². The molecule has 2 heterocycles. The zero-order valence-corrected chi connectivity index (χ0v) is 18.4. The number of hydrogen-bond donors (Lipinski definition) is 1. The molecule has 30 heavy (non-hydrogen) atoms. The maximum Gasteiger partial charge on any atom is 0.281 e. The monoisotopic (exact) mass is 432 g/mol. The van der Waals surface area contributed by atoms with Crippen LogP contribution in [0, 0.1) is 0 Å². The number of aromatic nitrogens is 1. The minimum Gasteiger partial charge on any atom is -0.480 e. The van der Waals surface area contributed by atoms with Crippen LogP contribution in [0.5, 0.6) is 5.88 Å². The average Bonchev–Trinajstić information content (AvgIpc) is 2.78. The van der Waals surface area contributed by atoms with Gasteiger partial charge in [0.05, 0.1) is 7.11 Å². The first-order valence-electron chi connectivity index (χ1n) is 9.80. The highest BCUT2D eigenvalue weighted by atomic mass is 32.2. The van der Waals surface area contributed by atoms with Crippen molar-refractivity contribution in [3.05, 3.63) is 59.8 Å². The lowest BCUT2D eigenvalue weighted by molar-refractivity contribution is 0.0928. The molecule has 1 aliphatic heterocycles. The zero-order valence-electron chi connectivity index (χ0n) is 17.5. The first-order chi connectivity index (χ1) is 14.3. The molecular weight excluding hydrogens is 404 g/mol. The van der Waals surface area contributed by atoms with E-state index in [-0.39, 0.29) is 17.2 Å². The summed E-state index contributed by atoms with van der Waals surface area (Å²) in [6, 6.07) is 13.3. The quantitative estimate of drug-likeness (QED) is 0.719. The molecule has 0 bridgehead atoms. The Hall–Kier alpha value is -2.49. The number of amides is 1. The molecule has 1 saturated heterocycles. The smallest absolute Gasteiger partial charge is 0.281 e. The Kier molecular flexibility index (Phi) is 6.74. The average molecular weight is 433 g/mol. The summed E-state index contributed by atoms with van der Waals surface area (Å²) in [7, 11) is 1.09. The predicted molar refractivity (Wildman–Crippen MR) is 115 cm³/mol. The molecule has 0 radical (unpaired) electrons. The molecule has 1 fully saturated rings. The molecule has 0 atom stereocenters. The molecule has 8 nitrogen and oxygen atoms in total. The van der Waals surface area contributed by atoms with E-state index in [9.17, 15) is 13.2 Å². The Morgan fingerprint density at radius 1 is 1.17 bits per heavy atom. The lowest BCUT2D eigenvalue weighted by Crippen LogP contribution is -2.52. The Labute approximate surface area is 178 Å². The van der Waals surface area contributed by atoms with E-state index in [1.807, 2.05) is 30.3 Å². The topological polar surface area (TPSA) is 91.8 Å². The van der Waals surface area contributed by atoms with Crippen molar-refractivity contribution in [2.75, 3.05) is 40.8 Å². The van der Waals surface area contributed by atoms with Crippen LogP contribution in [0.2, 0.25) is 0 Å². The van der Waals surface area contributed by atoms with Crippen molar-refractivity contribution in [3.63, 3.8) is 0 Å². The van der Waals surface area contributed by atoms with Crippen molar-refractivity contribution in [1.82, 2.24) is 18.9 Å². The number of nitrogens with one attached hydrogen (secondary N) is 1. The molecular formula is C21H28N4O4S. The molecule has 1 amide bonds. The molecule has 0 saturated carbocycles. The number of rotatable bonds is 7. The third-order valence-corrected chi connectivity index (χ3v) is 7.59. The Balaban J connectivity index is 1.81. The maximum absolute atomic E-state index is 12.8.